The van der Waals surface area contributed by atoms with Crippen LogP contribution in [0.25, 0.3) is 11.3 Å². The third kappa shape index (κ3) is 5.58. The van der Waals surface area contributed by atoms with Crippen molar-refractivity contribution in [3.05, 3.63) is 91.7 Å². The predicted molar refractivity (Wildman–Crippen MR) is 108 cm³/mol. The smallest absolute Gasteiger partial charge is 0.416 e. The lowest BCUT2D eigenvalue weighted by molar-refractivity contribution is -0.385. The number of carbonyl (C=O) groups is 1. The molecule has 1 N–H and O–H groups in total. The first-order chi connectivity index (χ1) is 15.6. The van der Waals surface area contributed by atoms with Crippen LogP contribution in [-0.2, 0) is 17.4 Å². The zero-order valence-corrected chi connectivity index (χ0v) is 16.4. The van der Waals surface area contributed by atoms with Crippen molar-refractivity contribution < 1.29 is 32.2 Å². The number of benzene rings is 2. The van der Waals surface area contributed by atoms with E-state index in [2.05, 4.69) is 10.5 Å². The number of hydrogen-bond acceptors (Lipinski definition) is 7. The highest BCUT2D eigenvalue weighted by molar-refractivity contribution is 5.83. The van der Waals surface area contributed by atoms with E-state index in [9.17, 15) is 38.2 Å². The Morgan fingerprint density at radius 1 is 1.03 bits per heavy atom. The molecule has 1 heterocycles. The fraction of sp³-hybridized carbons (Fsp3) is 0.100. The van der Waals surface area contributed by atoms with Crippen LogP contribution in [0, 0.1) is 20.2 Å². The SMILES string of the molecule is O=C(Cc1ccc(C(F)(F)F)cc1[N+](=O)[O-])NN=Cc1ccc(-c2ccccc2[N+](=O)[O-])o1. The molecule has 170 valence electrons. The maximum atomic E-state index is 12.8. The van der Waals surface area contributed by atoms with Crippen molar-refractivity contribution in [1.82, 2.24) is 5.43 Å². The molecule has 0 bridgehead atoms. The number of carbonyl (C=O) groups excluding carboxylic acids is 1. The summed E-state index contributed by atoms with van der Waals surface area (Å²) < 4.78 is 43.7. The van der Waals surface area contributed by atoms with Crippen LogP contribution < -0.4 is 5.43 Å². The van der Waals surface area contributed by atoms with Crippen LogP contribution in [0.2, 0.25) is 0 Å². The van der Waals surface area contributed by atoms with Gasteiger partial charge >= 0.3 is 6.18 Å². The minimum absolute atomic E-state index is 0.143. The summed E-state index contributed by atoms with van der Waals surface area (Å²) in [5.74, 6) is -0.487. The topological polar surface area (TPSA) is 141 Å². The number of halogens is 3. The fourth-order valence-electron chi connectivity index (χ4n) is 2.85. The van der Waals surface area contributed by atoms with Crippen LogP contribution in [0.1, 0.15) is 16.9 Å². The van der Waals surface area contributed by atoms with Crippen LogP contribution in [0.3, 0.4) is 0 Å². The Hall–Kier alpha value is -4.55. The largest absolute Gasteiger partial charge is 0.455 e. The number of hydrazone groups is 1. The quantitative estimate of drug-likeness (QED) is 0.312. The highest BCUT2D eigenvalue weighted by atomic mass is 19.4. The molecule has 0 fully saturated rings. The minimum Gasteiger partial charge on any atom is -0.455 e. The van der Waals surface area contributed by atoms with E-state index in [0.717, 1.165) is 12.3 Å². The van der Waals surface area contributed by atoms with E-state index in [4.69, 9.17) is 4.42 Å². The summed E-state index contributed by atoms with van der Waals surface area (Å²) in [4.78, 5) is 32.7. The molecule has 3 rings (SSSR count). The van der Waals surface area contributed by atoms with Crippen molar-refractivity contribution in [2.75, 3.05) is 0 Å². The van der Waals surface area contributed by atoms with Gasteiger partial charge in [-0.25, -0.2) is 5.43 Å². The zero-order valence-electron chi connectivity index (χ0n) is 16.4. The van der Waals surface area contributed by atoms with E-state index in [1.807, 2.05) is 0 Å². The van der Waals surface area contributed by atoms with E-state index in [1.54, 1.807) is 6.07 Å². The number of nitrogens with one attached hydrogen (secondary N) is 1. The first kappa shape index (κ1) is 23.1. The molecule has 3 aromatic rings. The van der Waals surface area contributed by atoms with Crippen molar-refractivity contribution in [2.45, 2.75) is 12.6 Å². The van der Waals surface area contributed by atoms with Gasteiger partial charge in [0.1, 0.15) is 11.5 Å². The first-order valence-electron chi connectivity index (χ1n) is 9.06. The van der Waals surface area contributed by atoms with Crippen LogP contribution in [-0.4, -0.2) is 22.0 Å². The van der Waals surface area contributed by atoms with Gasteiger partial charge in [0, 0.05) is 17.7 Å². The van der Waals surface area contributed by atoms with Gasteiger partial charge in [0.2, 0.25) is 5.91 Å². The van der Waals surface area contributed by atoms with Crippen molar-refractivity contribution in [3.8, 4) is 11.3 Å². The molecular formula is C20H13F3N4O6. The lowest BCUT2D eigenvalue weighted by Gasteiger charge is -2.08. The maximum Gasteiger partial charge on any atom is 0.416 e. The second-order valence-electron chi connectivity index (χ2n) is 6.54. The maximum absolute atomic E-state index is 12.8. The molecule has 0 unspecified atom stereocenters. The van der Waals surface area contributed by atoms with Crippen molar-refractivity contribution in [2.24, 2.45) is 5.10 Å². The van der Waals surface area contributed by atoms with Gasteiger partial charge in [0.25, 0.3) is 11.4 Å². The number of rotatable bonds is 7. The number of nitro groups is 2. The Kier molecular flexibility index (Phi) is 6.51. The predicted octanol–water partition coefficient (Wildman–Crippen LogP) is 4.47. The van der Waals surface area contributed by atoms with Crippen LogP contribution in [0.5, 0.6) is 0 Å². The highest BCUT2D eigenvalue weighted by Crippen LogP contribution is 2.33. The van der Waals surface area contributed by atoms with E-state index in [-0.39, 0.29) is 28.3 Å². The lowest BCUT2D eigenvalue weighted by Crippen LogP contribution is -2.20. The second-order valence-corrected chi connectivity index (χ2v) is 6.54. The van der Waals surface area contributed by atoms with Gasteiger partial charge in [0.05, 0.1) is 33.6 Å². The number of alkyl halides is 3. The molecule has 1 aromatic heterocycles. The molecule has 33 heavy (non-hydrogen) atoms. The van der Waals surface area contributed by atoms with E-state index in [1.165, 1.54) is 30.3 Å². The summed E-state index contributed by atoms with van der Waals surface area (Å²) in [6.45, 7) is 0. The molecule has 0 aliphatic carbocycles. The summed E-state index contributed by atoms with van der Waals surface area (Å²) in [6.07, 6.45) is -4.26. The molecule has 0 aliphatic heterocycles. The Morgan fingerprint density at radius 2 is 1.73 bits per heavy atom. The lowest BCUT2D eigenvalue weighted by atomic mass is 10.1. The van der Waals surface area contributed by atoms with E-state index >= 15 is 0 Å². The number of amides is 1. The molecule has 10 nitrogen and oxygen atoms in total. The van der Waals surface area contributed by atoms with Crippen molar-refractivity contribution in [1.29, 1.82) is 0 Å². The van der Waals surface area contributed by atoms with Crippen LogP contribution in [0.15, 0.2) is 64.1 Å². The fourth-order valence-corrected chi connectivity index (χ4v) is 2.85. The summed E-state index contributed by atoms with van der Waals surface area (Å²) in [5.41, 5.74) is -0.114. The average Bonchev–Trinajstić information content (AvgIpc) is 3.21. The highest BCUT2D eigenvalue weighted by Gasteiger charge is 2.33. The van der Waals surface area contributed by atoms with Gasteiger partial charge in [-0.3, -0.25) is 25.0 Å². The summed E-state index contributed by atoms with van der Waals surface area (Å²) >= 11 is 0. The Labute approximate surface area is 182 Å². The molecule has 2 aromatic carbocycles. The average molecular weight is 462 g/mol. The van der Waals surface area contributed by atoms with Crippen LogP contribution >= 0.6 is 0 Å². The Balaban J connectivity index is 1.69. The third-order valence-electron chi connectivity index (χ3n) is 4.33. The summed E-state index contributed by atoms with van der Waals surface area (Å²) in [5, 5.41) is 25.8. The summed E-state index contributed by atoms with van der Waals surface area (Å²) in [7, 11) is 0. The molecular weight excluding hydrogens is 449 g/mol. The molecule has 0 saturated heterocycles. The van der Waals surface area contributed by atoms with Gasteiger partial charge in [-0.1, -0.05) is 18.2 Å². The van der Waals surface area contributed by atoms with Gasteiger partial charge in [-0.2, -0.15) is 18.3 Å². The van der Waals surface area contributed by atoms with Crippen molar-refractivity contribution >= 4 is 23.5 Å². The molecule has 0 spiro atoms. The molecule has 0 saturated carbocycles. The normalized spacial score (nSPS) is 11.5. The molecule has 0 radical (unpaired) electrons. The Bertz CT molecular complexity index is 1250. The monoisotopic (exact) mass is 462 g/mol. The van der Waals surface area contributed by atoms with E-state index < -0.39 is 39.6 Å². The van der Waals surface area contributed by atoms with Gasteiger partial charge in [-0.05, 0) is 24.3 Å². The molecule has 0 aliphatic rings. The minimum atomic E-state index is -4.77. The Morgan fingerprint density at radius 3 is 2.39 bits per heavy atom. The number of nitro benzene ring substituents is 2. The molecule has 13 heteroatoms. The first-order valence-corrected chi connectivity index (χ1v) is 9.06. The zero-order chi connectivity index (χ0) is 24.2. The van der Waals surface area contributed by atoms with Gasteiger partial charge in [-0.15, -0.1) is 0 Å². The number of nitrogens with zero attached hydrogens (tertiary/aromatic N) is 3. The molecule has 1 amide bonds. The van der Waals surface area contributed by atoms with Gasteiger partial charge < -0.3 is 4.42 Å². The summed E-state index contributed by atoms with van der Waals surface area (Å²) in [6, 6.07) is 10.7. The molecule has 0 atom stereocenters. The number of para-hydroxylation sites is 1. The number of hydrogen-bond donors (Lipinski definition) is 1. The number of furan rings is 1. The van der Waals surface area contributed by atoms with Gasteiger partial charge in [0.15, 0.2) is 0 Å². The second kappa shape index (κ2) is 9.30. The van der Waals surface area contributed by atoms with Crippen LogP contribution in [0.4, 0.5) is 24.5 Å². The van der Waals surface area contributed by atoms with Crippen molar-refractivity contribution in [3.63, 3.8) is 0 Å². The third-order valence-corrected chi connectivity index (χ3v) is 4.33. The van der Waals surface area contributed by atoms with E-state index in [0.29, 0.717) is 12.1 Å². The standard InChI is InChI=1S/C20H13F3N4O6/c21-20(22,23)13-6-5-12(17(10-13)27(31)32)9-19(28)25-24-11-14-7-8-18(33-14)15-3-1-2-4-16(15)26(29)30/h1-8,10-11H,9H2,(H,25,28).